The van der Waals surface area contributed by atoms with E-state index in [4.69, 9.17) is 9.47 Å². The molecule has 0 unspecified atom stereocenters. The third-order valence-corrected chi connectivity index (χ3v) is 4.59. The summed E-state index contributed by atoms with van der Waals surface area (Å²) in [5.41, 5.74) is 0.982. The minimum absolute atomic E-state index is 0.146. The summed E-state index contributed by atoms with van der Waals surface area (Å²) in [6.45, 7) is 1.84. The van der Waals surface area contributed by atoms with Crippen molar-refractivity contribution in [2.75, 3.05) is 11.5 Å². The lowest BCUT2D eigenvalue weighted by Gasteiger charge is -2.08. The molecular formula is C12H13N3O4S. The second kappa shape index (κ2) is 4.41. The van der Waals surface area contributed by atoms with E-state index in [9.17, 15) is 8.42 Å². The molecule has 1 aliphatic rings. The summed E-state index contributed by atoms with van der Waals surface area (Å²) in [6, 6.07) is 4.87. The molecule has 106 valence electrons. The molecule has 0 bridgehead atoms. The standard InChI is InChI=1S/C12H13N3O4S/c1-8-12(6-13-15(8)2)20(16,17)14-9-3-4-10-11(5-9)19-7-18-10/h3-6,14H,7H2,1-2H3. The maximum absolute atomic E-state index is 12.3. The highest BCUT2D eigenvalue weighted by Gasteiger charge is 2.21. The van der Waals surface area contributed by atoms with Crippen molar-refractivity contribution < 1.29 is 17.9 Å². The van der Waals surface area contributed by atoms with Gasteiger partial charge in [0, 0.05) is 13.1 Å². The number of sulfonamides is 1. The van der Waals surface area contributed by atoms with Crippen molar-refractivity contribution in [1.82, 2.24) is 9.78 Å². The van der Waals surface area contributed by atoms with E-state index in [0.717, 1.165) is 0 Å². The van der Waals surface area contributed by atoms with Gasteiger partial charge in [-0.2, -0.15) is 5.10 Å². The minimum atomic E-state index is -3.67. The summed E-state index contributed by atoms with van der Waals surface area (Å²) >= 11 is 0. The Hall–Kier alpha value is -2.22. The molecule has 7 nitrogen and oxygen atoms in total. The number of fused-ring (bicyclic) bond motifs is 1. The zero-order chi connectivity index (χ0) is 14.3. The number of aryl methyl sites for hydroxylation is 1. The largest absolute Gasteiger partial charge is 0.454 e. The quantitative estimate of drug-likeness (QED) is 0.921. The van der Waals surface area contributed by atoms with Crippen LogP contribution in [0, 0.1) is 6.92 Å². The smallest absolute Gasteiger partial charge is 0.265 e. The van der Waals surface area contributed by atoms with E-state index in [-0.39, 0.29) is 11.7 Å². The zero-order valence-corrected chi connectivity index (χ0v) is 11.8. The lowest BCUT2D eigenvalue weighted by Crippen LogP contribution is -2.13. The minimum Gasteiger partial charge on any atom is -0.454 e. The molecule has 0 saturated heterocycles. The summed E-state index contributed by atoms with van der Waals surface area (Å²) < 4.78 is 39.0. The van der Waals surface area contributed by atoms with Crippen LogP contribution in [-0.2, 0) is 17.1 Å². The Bertz CT molecular complexity index is 767. The highest BCUT2D eigenvalue weighted by molar-refractivity contribution is 7.92. The van der Waals surface area contributed by atoms with Gasteiger partial charge in [-0.25, -0.2) is 8.42 Å². The third kappa shape index (κ3) is 2.07. The Labute approximate surface area is 116 Å². The maximum Gasteiger partial charge on any atom is 0.265 e. The Kier molecular flexibility index (Phi) is 2.82. The number of benzene rings is 1. The third-order valence-electron chi connectivity index (χ3n) is 3.10. The molecule has 0 atom stereocenters. The molecule has 3 rings (SSSR count). The van der Waals surface area contributed by atoms with E-state index in [1.165, 1.54) is 10.9 Å². The second-order valence-electron chi connectivity index (χ2n) is 4.39. The number of anilines is 1. The zero-order valence-electron chi connectivity index (χ0n) is 11.0. The molecule has 20 heavy (non-hydrogen) atoms. The molecule has 0 aliphatic carbocycles. The second-order valence-corrected chi connectivity index (χ2v) is 6.04. The maximum atomic E-state index is 12.3. The molecule has 2 aromatic rings. The van der Waals surface area contributed by atoms with Crippen molar-refractivity contribution in [3.8, 4) is 11.5 Å². The topological polar surface area (TPSA) is 82.5 Å². The molecule has 1 N–H and O–H groups in total. The van der Waals surface area contributed by atoms with Crippen molar-refractivity contribution >= 4 is 15.7 Å². The van der Waals surface area contributed by atoms with Crippen molar-refractivity contribution in [3.63, 3.8) is 0 Å². The van der Waals surface area contributed by atoms with Crippen LogP contribution in [0.25, 0.3) is 0 Å². The lowest BCUT2D eigenvalue weighted by atomic mass is 10.3. The van der Waals surface area contributed by atoms with Gasteiger partial charge in [0.15, 0.2) is 11.5 Å². The van der Waals surface area contributed by atoms with Gasteiger partial charge in [-0.05, 0) is 19.1 Å². The van der Waals surface area contributed by atoms with Gasteiger partial charge in [-0.1, -0.05) is 0 Å². The van der Waals surface area contributed by atoms with Gasteiger partial charge in [0.25, 0.3) is 10.0 Å². The first-order valence-electron chi connectivity index (χ1n) is 5.88. The molecule has 1 aromatic heterocycles. The van der Waals surface area contributed by atoms with Gasteiger partial charge in [-0.3, -0.25) is 9.40 Å². The molecule has 2 heterocycles. The molecule has 0 saturated carbocycles. The number of hydrogen-bond donors (Lipinski definition) is 1. The van der Waals surface area contributed by atoms with Gasteiger partial charge in [0.1, 0.15) is 4.90 Å². The van der Waals surface area contributed by atoms with Gasteiger partial charge in [0.05, 0.1) is 17.6 Å². The van der Waals surface area contributed by atoms with Gasteiger partial charge >= 0.3 is 0 Å². The SMILES string of the molecule is Cc1c(S(=O)(=O)Nc2ccc3c(c2)OCO3)cnn1C. The number of hydrogen-bond acceptors (Lipinski definition) is 5. The normalized spacial score (nSPS) is 13.5. The summed E-state index contributed by atoms with van der Waals surface area (Å²) in [5.74, 6) is 1.12. The van der Waals surface area contributed by atoms with Gasteiger partial charge in [0.2, 0.25) is 6.79 Å². The van der Waals surface area contributed by atoms with E-state index in [1.807, 2.05) is 0 Å². The molecule has 8 heteroatoms. The fraction of sp³-hybridized carbons (Fsp3) is 0.250. The highest BCUT2D eigenvalue weighted by atomic mass is 32.2. The van der Waals surface area contributed by atoms with Crippen molar-refractivity contribution in [2.45, 2.75) is 11.8 Å². The number of aromatic nitrogens is 2. The molecule has 1 aliphatic heterocycles. The number of nitrogens with one attached hydrogen (secondary N) is 1. The van der Waals surface area contributed by atoms with Crippen molar-refractivity contribution in [1.29, 1.82) is 0 Å². The van der Waals surface area contributed by atoms with Crippen LogP contribution in [0.3, 0.4) is 0 Å². The van der Waals surface area contributed by atoms with Crippen LogP contribution in [0.15, 0.2) is 29.3 Å². The average molecular weight is 295 g/mol. The van der Waals surface area contributed by atoms with Gasteiger partial charge in [-0.15, -0.1) is 0 Å². The van der Waals surface area contributed by atoms with Gasteiger partial charge < -0.3 is 9.47 Å². The Balaban J connectivity index is 1.92. The van der Waals surface area contributed by atoms with Crippen molar-refractivity contribution in [2.24, 2.45) is 7.05 Å². The van der Waals surface area contributed by atoms with Crippen LogP contribution < -0.4 is 14.2 Å². The molecule has 0 radical (unpaired) electrons. The fourth-order valence-electron chi connectivity index (χ4n) is 1.91. The predicted molar refractivity (Wildman–Crippen MR) is 71.3 cm³/mol. The Morgan fingerprint density at radius 2 is 2.05 bits per heavy atom. The summed E-state index contributed by atoms with van der Waals surface area (Å²) in [4.78, 5) is 0.151. The number of ether oxygens (including phenoxy) is 2. The van der Waals surface area contributed by atoms with Crippen molar-refractivity contribution in [3.05, 3.63) is 30.1 Å². The van der Waals surface area contributed by atoms with Crippen LogP contribution in [0.4, 0.5) is 5.69 Å². The predicted octanol–water partition coefficient (Wildman–Crippen LogP) is 1.26. The van der Waals surface area contributed by atoms with Crippen LogP contribution in [0.2, 0.25) is 0 Å². The van der Waals surface area contributed by atoms with E-state index < -0.39 is 10.0 Å². The monoisotopic (exact) mass is 295 g/mol. The molecule has 0 spiro atoms. The average Bonchev–Trinajstić information content (AvgIpc) is 2.97. The lowest BCUT2D eigenvalue weighted by molar-refractivity contribution is 0.174. The summed E-state index contributed by atoms with van der Waals surface area (Å²) in [7, 11) is -1.98. The van der Waals surface area contributed by atoms with E-state index in [2.05, 4.69) is 9.82 Å². The molecule has 0 fully saturated rings. The number of rotatable bonds is 3. The van der Waals surface area contributed by atoms with Crippen LogP contribution in [0.5, 0.6) is 11.5 Å². The summed E-state index contributed by atoms with van der Waals surface area (Å²) in [5, 5.41) is 3.93. The van der Waals surface area contributed by atoms with E-state index in [0.29, 0.717) is 22.9 Å². The first-order chi connectivity index (χ1) is 9.47. The molecule has 1 aromatic carbocycles. The van der Waals surface area contributed by atoms with Crippen LogP contribution in [-0.4, -0.2) is 25.0 Å². The van der Waals surface area contributed by atoms with Crippen LogP contribution >= 0.6 is 0 Å². The molecular weight excluding hydrogens is 282 g/mol. The first kappa shape index (κ1) is 12.8. The Morgan fingerprint density at radius 3 is 2.75 bits per heavy atom. The van der Waals surface area contributed by atoms with Crippen LogP contribution in [0.1, 0.15) is 5.69 Å². The van der Waals surface area contributed by atoms with E-state index >= 15 is 0 Å². The summed E-state index contributed by atoms with van der Waals surface area (Å²) in [6.07, 6.45) is 1.32. The fourth-order valence-corrected chi connectivity index (χ4v) is 3.17. The number of nitrogens with zero attached hydrogens (tertiary/aromatic N) is 2. The highest BCUT2D eigenvalue weighted by Crippen LogP contribution is 2.34. The first-order valence-corrected chi connectivity index (χ1v) is 7.37. The Morgan fingerprint density at radius 1 is 1.30 bits per heavy atom. The molecule has 0 amide bonds. The van der Waals surface area contributed by atoms with E-state index in [1.54, 1.807) is 32.2 Å².